The second-order valence-corrected chi connectivity index (χ2v) is 7.46. The van der Waals surface area contributed by atoms with Crippen LogP contribution in [0.1, 0.15) is 25.2 Å². The van der Waals surface area contributed by atoms with Crippen LogP contribution in [0, 0.1) is 13.8 Å². The van der Waals surface area contributed by atoms with Crippen LogP contribution in [0.5, 0.6) is 11.5 Å². The summed E-state index contributed by atoms with van der Waals surface area (Å²) in [6.45, 7) is 4.92. The molecule has 1 aliphatic rings. The highest BCUT2D eigenvalue weighted by molar-refractivity contribution is 5.86. The molecule has 5 atom stereocenters. The maximum absolute atomic E-state index is 12.3. The average Bonchev–Trinajstić information content (AvgIpc) is 2.69. The largest absolute Gasteiger partial charge is 0.507 e. The van der Waals surface area contributed by atoms with Gasteiger partial charge >= 0.3 is 11.9 Å². The molecule has 32 heavy (non-hydrogen) atoms. The zero-order chi connectivity index (χ0) is 23.7. The minimum Gasteiger partial charge on any atom is -0.507 e. The van der Waals surface area contributed by atoms with Crippen molar-refractivity contribution in [3.63, 3.8) is 0 Å². The van der Waals surface area contributed by atoms with E-state index in [1.807, 2.05) is 0 Å². The molecule has 0 amide bonds. The molecule has 0 bridgehead atoms. The Morgan fingerprint density at radius 3 is 2.41 bits per heavy atom. The van der Waals surface area contributed by atoms with Crippen molar-refractivity contribution < 1.29 is 48.3 Å². The fraction of sp³-hybridized carbons (Fsp3) is 0.476. The molecule has 0 unspecified atom stereocenters. The second kappa shape index (κ2) is 9.15. The molecule has 2 heterocycles. The number of aliphatic hydroxyl groups excluding tert-OH is 2. The van der Waals surface area contributed by atoms with Crippen LogP contribution in [0.3, 0.4) is 0 Å². The number of benzene rings is 1. The number of hydrogen-bond donors (Lipinski definition) is 3. The first-order chi connectivity index (χ1) is 15.0. The number of carbonyl (C=O) groups is 2. The number of ether oxygens (including phenoxy) is 4. The summed E-state index contributed by atoms with van der Waals surface area (Å²) in [4.78, 5) is 34.9. The Balaban J connectivity index is 2.00. The first-order valence-electron chi connectivity index (χ1n) is 9.75. The van der Waals surface area contributed by atoms with Crippen LogP contribution in [-0.4, -0.2) is 64.6 Å². The van der Waals surface area contributed by atoms with E-state index in [0.29, 0.717) is 5.76 Å². The summed E-state index contributed by atoms with van der Waals surface area (Å²) in [7, 11) is 0. The SMILES string of the molecule is CC(=O)OC[C@H]1O[C@@H](Oc2cc3oc(C)cc(=O)c3c(O)c2C)[C@H](OC(C)=O)[C@@H](O)[C@@H]1O. The van der Waals surface area contributed by atoms with Crippen molar-refractivity contribution in [3.8, 4) is 11.5 Å². The third-order valence-electron chi connectivity index (χ3n) is 4.96. The van der Waals surface area contributed by atoms with Crippen molar-refractivity contribution >= 4 is 22.9 Å². The lowest BCUT2D eigenvalue weighted by molar-refractivity contribution is -0.282. The topological polar surface area (TPSA) is 162 Å². The van der Waals surface area contributed by atoms with Crippen LogP contribution in [0.15, 0.2) is 21.3 Å². The minimum absolute atomic E-state index is 0.0146. The summed E-state index contributed by atoms with van der Waals surface area (Å²) in [5.41, 5.74) is -0.233. The molecule has 3 N–H and O–H groups in total. The zero-order valence-corrected chi connectivity index (χ0v) is 17.9. The Bertz CT molecular complexity index is 1090. The lowest BCUT2D eigenvalue weighted by atomic mass is 9.99. The molecule has 0 radical (unpaired) electrons. The van der Waals surface area contributed by atoms with Gasteiger partial charge in [-0.15, -0.1) is 0 Å². The van der Waals surface area contributed by atoms with E-state index in [0.717, 1.165) is 13.8 Å². The highest BCUT2D eigenvalue weighted by Crippen LogP contribution is 2.36. The van der Waals surface area contributed by atoms with Crippen LogP contribution in [-0.2, 0) is 23.8 Å². The van der Waals surface area contributed by atoms with Gasteiger partial charge in [0.1, 0.15) is 53.1 Å². The maximum atomic E-state index is 12.3. The van der Waals surface area contributed by atoms with E-state index in [9.17, 15) is 29.7 Å². The van der Waals surface area contributed by atoms with E-state index in [1.54, 1.807) is 6.92 Å². The van der Waals surface area contributed by atoms with Gasteiger partial charge in [-0.1, -0.05) is 0 Å². The molecule has 3 rings (SSSR count). The summed E-state index contributed by atoms with van der Waals surface area (Å²) in [5.74, 6) is -1.44. The highest BCUT2D eigenvalue weighted by atomic mass is 16.7. The first kappa shape index (κ1) is 23.5. The summed E-state index contributed by atoms with van der Waals surface area (Å²) < 4.78 is 26.9. The first-order valence-corrected chi connectivity index (χ1v) is 9.75. The van der Waals surface area contributed by atoms with Gasteiger partial charge in [0.25, 0.3) is 0 Å². The predicted molar refractivity (Wildman–Crippen MR) is 107 cm³/mol. The van der Waals surface area contributed by atoms with Crippen molar-refractivity contribution in [1.82, 2.24) is 0 Å². The molecule has 11 heteroatoms. The van der Waals surface area contributed by atoms with E-state index in [4.69, 9.17) is 23.4 Å². The lowest BCUT2D eigenvalue weighted by Gasteiger charge is -2.41. The number of aliphatic hydroxyl groups is 2. The fourth-order valence-corrected chi connectivity index (χ4v) is 3.40. The van der Waals surface area contributed by atoms with E-state index >= 15 is 0 Å². The molecule has 1 saturated heterocycles. The summed E-state index contributed by atoms with van der Waals surface area (Å²) in [6, 6.07) is 2.59. The van der Waals surface area contributed by atoms with Crippen LogP contribution < -0.4 is 10.2 Å². The third kappa shape index (κ3) is 4.69. The average molecular weight is 452 g/mol. The van der Waals surface area contributed by atoms with Crippen LogP contribution in [0.2, 0.25) is 0 Å². The quantitative estimate of drug-likeness (QED) is 0.540. The van der Waals surface area contributed by atoms with Crippen LogP contribution >= 0.6 is 0 Å². The number of esters is 2. The molecule has 2 aromatic rings. The molecule has 11 nitrogen and oxygen atoms in total. The van der Waals surface area contributed by atoms with Gasteiger partial charge in [-0.05, 0) is 13.8 Å². The lowest BCUT2D eigenvalue weighted by Crippen LogP contribution is -2.61. The molecule has 1 aliphatic heterocycles. The Morgan fingerprint density at radius 1 is 1.09 bits per heavy atom. The molecule has 1 fully saturated rings. The van der Waals surface area contributed by atoms with Gasteiger partial charge in [0.15, 0.2) is 11.5 Å². The molecule has 1 aromatic carbocycles. The van der Waals surface area contributed by atoms with Gasteiger partial charge in [-0.2, -0.15) is 0 Å². The van der Waals surface area contributed by atoms with Gasteiger partial charge in [0.05, 0.1) is 0 Å². The van der Waals surface area contributed by atoms with Gasteiger partial charge in [-0.3, -0.25) is 14.4 Å². The number of phenols is 1. The standard InChI is InChI=1S/C21H24O11/c1-8-5-12(24)16-14(29-8)6-13(9(2)17(16)25)31-21-20(30-11(4)23)19(27)18(26)15(32-21)7-28-10(3)22/h5-6,15,18-21,25-27H,7H2,1-4H3/t15-,18-,19+,20-,21-/m1/s1. The zero-order valence-electron chi connectivity index (χ0n) is 17.9. The van der Waals surface area contributed by atoms with Crippen molar-refractivity contribution in [3.05, 3.63) is 33.7 Å². The summed E-state index contributed by atoms with van der Waals surface area (Å²) >= 11 is 0. The molecular formula is C21H24O11. The molecule has 1 aromatic heterocycles. The summed E-state index contributed by atoms with van der Waals surface area (Å²) in [5, 5.41) is 31.3. The van der Waals surface area contributed by atoms with Crippen molar-refractivity contribution in [2.24, 2.45) is 0 Å². The molecule has 174 valence electrons. The third-order valence-corrected chi connectivity index (χ3v) is 4.96. The van der Waals surface area contributed by atoms with E-state index in [-0.39, 0.29) is 28.0 Å². The number of phenolic OH excluding ortho intramolecular Hbond substituents is 1. The minimum atomic E-state index is -1.63. The second-order valence-electron chi connectivity index (χ2n) is 7.46. The van der Waals surface area contributed by atoms with Gasteiger partial charge in [0, 0.05) is 31.5 Å². The maximum Gasteiger partial charge on any atom is 0.303 e. The van der Waals surface area contributed by atoms with Crippen molar-refractivity contribution in [1.29, 1.82) is 0 Å². The number of aromatic hydroxyl groups is 1. The fourth-order valence-electron chi connectivity index (χ4n) is 3.40. The Hall–Kier alpha value is -3.15. The van der Waals surface area contributed by atoms with Gasteiger partial charge in [-0.25, -0.2) is 0 Å². The molecule has 0 aliphatic carbocycles. The number of rotatable bonds is 5. The number of carbonyl (C=O) groups excluding carboxylic acids is 2. The Kier molecular flexibility index (Phi) is 6.72. The van der Waals surface area contributed by atoms with E-state index < -0.39 is 54.7 Å². The smallest absolute Gasteiger partial charge is 0.303 e. The van der Waals surface area contributed by atoms with Crippen LogP contribution in [0.4, 0.5) is 0 Å². The van der Waals surface area contributed by atoms with Crippen LogP contribution in [0.25, 0.3) is 11.0 Å². The number of fused-ring (bicyclic) bond motifs is 1. The molecule has 0 saturated carbocycles. The van der Waals surface area contributed by atoms with Gasteiger partial charge in [0.2, 0.25) is 6.29 Å². The summed E-state index contributed by atoms with van der Waals surface area (Å²) in [6.07, 6.45) is -7.28. The van der Waals surface area contributed by atoms with E-state index in [1.165, 1.54) is 19.1 Å². The number of hydrogen-bond acceptors (Lipinski definition) is 11. The Morgan fingerprint density at radius 2 is 1.78 bits per heavy atom. The monoisotopic (exact) mass is 452 g/mol. The van der Waals surface area contributed by atoms with Gasteiger partial charge < -0.3 is 38.7 Å². The van der Waals surface area contributed by atoms with Crippen molar-refractivity contribution in [2.45, 2.75) is 58.4 Å². The Labute approximate surface area is 182 Å². The number of aryl methyl sites for hydroxylation is 1. The molecular weight excluding hydrogens is 428 g/mol. The van der Waals surface area contributed by atoms with E-state index in [2.05, 4.69) is 0 Å². The highest BCUT2D eigenvalue weighted by Gasteiger charge is 2.48. The predicted octanol–water partition coefficient (Wildman–Crippen LogP) is 0.436. The molecule has 0 spiro atoms. The normalized spacial score (nSPS) is 25.4. The van der Waals surface area contributed by atoms with Crippen molar-refractivity contribution in [2.75, 3.05) is 6.61 Å².